The highest BCUT2D eigenvalue weighted by Gasteiger charge is 2.30. The van der Waals surface area contributed by atoms with E-state index in [-0.39, 0.29) is 5.91 Å². The first-order valence-electron chi connectivity index (χ1n) is 8.74. The van der Waals surface area contributed by atoms with Gasteiger partial charge in [-0.1, -0.05) is 37.5 Å². The second-order valence-electron chi connectivity index (χ2n) is 6.73. The van der Waals surface area contributed by atoms with E-state index in [9.17, 15) is 4.79 Å². The third-order valence-corrected chi connectivity index (χ3v) is 5.14. The van der Waals surface area contributed by atoms with Crippen LogP contribution >= 0.6 is 0 Å². The van der Waals surface area contributed by atoms with Crippen molar-refractivity contribution in [2.24, 2.45) is 5.10 Å². The summed E-state index contributed by atoms with van der Waals surface area (Å²) < 4.78 is 0. The number of carbonyl (C=O) groups excluding carboxylic acids is 1. The maximum atomic E-state index is 12.3. The standard InChI is InChI=1S/C19H23N3O/c23-19-12-15(21-22(19)16-6-2-1-3-7-16)11-10-14-13-20-18-9-5-4-8-17(14)18/h4-5,8-9,13,16,20H,1-3,6-7,10-12H2. The Labute approximate surface area is 136 Å². The molecule has 1 aromatic heterocycles. The van der Waals surface area contributed by atoms with E-state index in [4.69, 9.17) is 0 Å². The van der Waals surface area contributed by atoms with Gasteiger partial charge in [-0.25, -0.2) is 5.01 Å². The Morgan fingerprint density at radius 3 is 2.83 bits per heavy atom. The lowest BCUT2D eigenvalue weighted by molar-refractivity contribution is -0.131. The van der Waals surface area contributed by atoms with Gasteiger partial charge in [-0.05, 0) is 37.3 Å². The number of hydrogen-bond acceptors (Lipinski definition) is 2. The van der Waals surface area contributed by atoms with Gasteiger partial charge < -0.3 is 4.98 Å². The smallest absolute Gasteiger partial charge is 0.248 e. The number of nitrogens with one attached hydrogen (secondary N) is 1. The summed E-state index contributed by atoms with van der Waals surface area (Å²) >= 11 is 0. The first kappa shape index (κ1) is 14.5. The van der Waals surface area contributed by atoms with Crippen molar-refractivity contribution in [3.63, 3.8) is 0 Å². The first-order valence-corrected chi connectivity index (χ1v) is 8.74. The van der Waals surface area contributed by atoms with Gasteiger partial charge in [0, 0.05) is 22.8 Å². The minimum Gasteiger partial charge on any atom is -0.361 e. The third-order valence-electron chi connectivity index (χ3n) is 5.14. The van der Waals surface area contributed by atoms with Crippen LogP contribution < -0.4 is 0 Å². The quantitative estimate of drug-likeness (QED) is 0.911. The lowest BCUT2D eigenvalue weighted by Gasteiger charge is -2.27. The molecule has 0 unspecified atom stereocenters. The molecule has 1 amide bonds. The Hall–Kier alpha value is -2.10. The molecular weight excluding hydrogens is 286 g/mol. The number of hydrogen-bond donors (Lipinski definition) is 1. The van der Waals surface area contributed by atoms with Crippen LogP contribution in [0.1, 0.15) is 50.5 Å². The number of rotatable bonds is 4. The van der Waals surface area contributed by atoms with Crippen LogP contribution in [0, 0.1) is 0 Å². The fourth-order valence-corrected chi connectivity index (χ4v) is 3.87. The van der Waals surface area contributed by atoms with Gasteiger partial charge in [0.1, 0.15) is 0 Å². The Morgan fingerprint density at radius 1 is 1.13 bits per heavy atom. The number of nitrogens with zero attached hydrogens (tertiary/aromatic N) is 2. The van der Waals surface area contributed by atoms with Crippen molar-refractivity contribution in [1.29, 1.82) is 0 Å². The van der Waals surface area contributed by atoms with Crippen LogP contribution in [-0.2, 0) is 11.2 Å². The predicted octanol–water partition coefficient (Wildman–Crippen LogP) is 4.02. The largest absolute Gasteiger partial charge is 0.361 e. The summed E-state index contributed by atoms with van der Waals surface area (Å²) in [5, 5.41) is 7.74. The van der Waals surface area contributed by atoms with E-state index in [1.54, 1.807) is 5.01 Å². The second-order valence-corrected chi connectivity index (χ2v) is 6.73. The summed E-state index contributed by atoms with van der Waals surface area (Å²) in [6.45, 7) is 0. The number of amides is 1. The van der Waals surface area contributed by atoms with E-state index in [0.29, 0.717) is 12.5 Å². The third kappa shape index (κ3) is 2.90. The monoisotopic (exact) mass is 309 g/mol. The van der Waals surface area contributed by atoms with Crippen LogP contribution in [0.2, 0.25) is 0 Å². The lowest BCUT2D eigenvalue weighted by atomic mass is 9.95. The molecule has 1 fully saturated rings. The maximum Gasteiger partial charge on any atom is 0.248 e. The van der Waals surface area contributed by atoms with Gasteiger partial charge in [-0.2, -0.15) is 5.10 Å². The van der Waals surface area contributed by atoms with Gasteiger partial charge in [0.25, 0.3) is 0 Å². The number of carbonyl (C=O) groups is 1. The molecule has 23 heavy (non-hydrogen) atoms. The van der Waals surface area contributed by atoms with Gasteiger partial charge in [0.05, 0.1) is 12.5 Å². The van der Waals surface area contributed by atoms with E-state index in [0.717, 1.165) is 31.4 Å². The van der Waals surface area contributed by atoms with E-state index in [2.05, 4.69) is 34.5 Å². The average Bonchev–Trinajstić information content (AvgIpc) is 3.17. The highest BCUT2D eigenvalue weighted by atomic mass is 16.2. The fraction of sp³-hybridized carbons (Fsp3) is 0.474. The second kappa shape index (κ2) is 6.19. The molecule has 2 aliphatic rings. The van der Waals surface area contributed by atoms with E-state index < -0.39 is 0 Å². The van der Waals surface area contributed by atoms with Gasteiger partial charge in [-0.3, -0.25) is 4.79 Å². The maximum absolute atomic E-state index is 12.3. The molecule has 0 atom stereocenters. The minimum atomic E-state index is 0.200. The van der Waals surface area contributed by atoms with Crippen molar-refractivity contribution in [2.45, 2.75) is 57.4 Å². The SMILES string of the molecule is O=C1CC(CCc2c[nH]c3ccccc23)=NN1C1CCCCC1. The molecule has 0 saturated heterocycles. The Morgan fingerprint density at radius 2 is 1.96 bits per heavy atom. The lowest BCUT2D eigenvalue weighted by Crippen LogP contribution is -2.34. The van der Waals surface area contributed by atoms with Crippen LogP contribution in [0.5, 0.6) is 0 Å². The normalized spacial score (nSPS) is 19.6. The summed E-state index contributed by atoms with van der Waals surface area (Å²) in [4.78, 5) is 15.6. The molecular formula is C19H23N3O. The summed E-state index contributed by atoms with van der Waals surface area (Å²) in [6, 6.07) is 8.71. The van der Waals surface area contributed by atoms with Gasteiger partial charge in [0.15, 0.2) is 0 Å². The van der Waals surface area contributed by atoms with Crippen LogP contribution in [0.15, 0.2) is 35.6 Å². The van der Waals surface area contributed by atoms with Crippen molar-refractivity contribution >= 4 is 22.5 Å². The summed E-state index contributed by atoms with van der Waals surface area (Å²) in [6.07, 6.45) is 10.4. The number of benzene rings is 1. The number of fused-ring (bicyclic) bond motifs is 1. The van der Waals surface area contributed by atoms with Gasteiger partial charge >= 0.3 is 0 Å². The first-order chi connectivity index (χ1) is 11.3. The number of aryl methyl sites for hydroxylation is 1. The number of hydrazone groups is 1. The van der Waals surface area contributed by atoms with Gasteiger partial charge in [0.2, 0.25) is 5.91 Å². The molecule has 2 aromatic rings. The molecule has 1 aliphatic carbocycles. The molecule has 4 heteroatoms. The van der Waals surface area contributed by atoms with Crippen LogP contribution in [0.4, 0.5) is 0 Å². The number of aromatic nitrogens is 1. The zero-order chi connectivity index (χ0) is 15.6. The molecule has 0 spiro atoms. The van der Waals surface area contributed by atoms with E-state index in [1.807, 2.05) is 6.07 Å². The fourth-order valence-electron chi connectivity index (χ4n) is 3.87. The average molecular weight is 309 g/mol. The van der Waals surface area contributed by atoms with Crippen molar-refractivity contribution in [3.05, 3.63) is 36.0 Å². The van der Waals surface area contributed by atoms with Crippen molar-refractivity contribution < 1.29 is 4.79 Å². The van der Waals surface area contributed by atoms with Crippen LogP contribution in [0.25, 0.3) is 10.9 Å². The Kier molecular flexibility index (Phi) is 3.90. The zero-order valence-corrected chi connectivity index (χ0v) is 13.4. The summed E-state index contributed by atoms with van der Waals surface area (Å²) in [5.74, 6) is 0.200. The summed E-state index contributed by atoms with van der Waals surface area (Å²) in [5.41, 5.74) is 3.54. The number of para-hydroxylation sites is 1. The number of H-pyrrole nitrogens is 1. The molecule has 1 aliphatic heterocycles. The van der Waals surface area contributed by atoms with Crippen molar-refractivity contribution in [3.8, 4) is 0 Å². The molecule has 1 saturated carbocycles. The zero-order valence-electron chi connectivity index (χ0n) is 13.4. The van der Waals surface area contributed by atoms with Crippen LogP contribution in [0.3, 0.4) is 0 Å². The van der Waals surface area contributed by atoms with Crippen LogP contribution in [-0.4, -0.2) is 27.7 Å². The highest BCUT2D eigenvalue weighted by Crippen LogP contribution is 2.27. The Balaban J connectivity index is 1.43. The summed E-state index contributed by atoms with van der Waals surface area (Å²) in [7, 11) is 0. The molecule has 1 N–H and O–H groups in total. The molecule has 4 rings (SSSR count). The molecule has 0 bridgehead atoms. The molecule has 1 aromatic carbocycles. The van der Waals surface area contributed by atoms with Gasteiger partial charge in [-0.15, -0.1) is 0 Å². The number of aromatic amines is 1. The molecule has 2 heterocycles. The molecule has 120 valence electrons. The van der Waals surface area contributed by atoms with E-state index in [1.165, 1.54) is 35.7 Å². The van der Waals surface area contributed by atoms with Crippen molar-refractivity contribution in [2.75, 3.05) is 0 Å². The minimum absolute atomic E-state index is 0.200. The topological polar surface area (TPSA) is 48.5 Å². The Bertz CT molecular complexity index is 740. The van der Waals surface area contributed by atoms with E-state index >= 15 is 0 Å². The predicted molar refractivity (Wildman–Crippen MR) is 92.4 cm³/mol. The molecule has 4 nitrogen and oxygen atoms in total. The van der Waals surface area contributed by atoms with Crippen molar-refractivity contribution in [1.82, 2.24) is 9.99 Å². The highest BCUT2D eigenvalue weighted by molar-refractivity contribution is 6.05. The molecule has 0 radical (unpaired) electrons.